The lowest BCUT2D eigenvalue weighted by Crippen LogP contribution is -2.09. The minimum atomic E-state index is 0.178. The Morgan fingerprint density at radius 1 is 0.958 bits per heavy atom. The molecule has 0 amide bonds. The quantitative estimate of drug-likeness (QED) is 0.675. The predicted molar refractivity (Wildman–Crippen MR) is 99.6 cm³/mol. The van der Waals surface area contributed by atoms with Crippen molar-refractivity contribution >= 4 is 17.5 Å². The highest BCUT2D eigenvalue weighted by molar-refractivity contribution is 5.59. The molecular weight excluding hydrogens is 296 g/mol. The molecule has 3 rings (SSSR count). The summed E-state index contributed by atoms with van der Waals surface area (Å²) >= 11 is 0. The monoisotopic (exact) mass is 318 g/mol. The van der Waals surface area contributed by atoms with Gasteiger partial charge in [0, 0.05) is 17.9 Å². The lowest BCUT2D eigenvalue weighted by molar-refractivity contribution is 0.873. The van der Waals surface area contributed by atoms with E-state index in [1.165, 1.54) is 11.1 Å². The Balaban J connectivity index is 1.74. The van der Waals surface area contributed by atoms with E-state index < -0.39 is 0 Å². The highest BCUT2D eigenvalue weighted by Crippen LogP contribution is 2.21. The molecule has 1 heterocycles. The zero-order valence-corrected chi connectivity index (χ0v) is 14.0. The smallest absolute Gasteiger partial charge is 0.229 e. The third-order valence-corrected chi connectivity index (χ3v) is 3.96. The number of aryl methyl sites for hydroxylation is 1. The summed E-state index contributed by atoms with van der Waals surface area (Å²) in [6, 6.07) is 20.6. The maximum absolute atomic E-state index is 4.58. The first-order valence-electron chi connectivity index (χ1n) is 8.25. The normalized spacial score (nSPS) is 11.8. The highest BCUT2D eigenvalue weighted by Gasteiger charge is 2.07. The van der Waals surface area contributed by atoms with Gasteiger partial charge in [0.1, 0.15) is 5.82 Å². The zero-order valence-electron chi connectivity index (χ0n) is 14.0. The van der Waals surface area contributed by atoms with Crippen molar-refractivity contribution in [3.63, 3.8) is 0 Å². The van der Waals surface area contributed by atoms with Gasteiger partial charge in [-0.1, -0.05) is 55.5 Å². The van der Waals surface area contributed by atoms with Crippen LogP contribution in [0.4, 0.5) is 17.5 Å². The van der Waals surface area contributed by atoms with Gasteiger partial charge in [-0.3, -0.25) is 0 Å². The van der Waals surface area contributed by atoms with E-state index in [0.29, 0.717) is 5.95 Å². The number of aromatic nitrogens is 2. The molecule has 122 valence electrons. The van der Waals surface area contributed by atoms with Gasteiger partial charge in [-0.2, -0.15) is 4.98 Å². The van der Waals surface area contributed by atoms with Crippen LogP contribution < -0.4 is 10.6 Å². The largest absolute Gasteiger partial charge is 0.363 e. The van der Waals surface area contributed by atoms with E-state index >= 15 is 0 Å². The summed E-state index contributed by atoms with van der Waals surface area (Å²) in [5.74, 6) is 1.40. The predicted octanol–water partition coefficient (Wildman–Crippen LogP) is 4.96. The Bertz CT molecular complexity index is 786. The van der Waals surface area contributed by atoms with E-state index in [0.717, 1.165) is 17.9 Å². The molecule has 1 atom stereocenters. The third-order valence-electron chi connectivity index (χ3n) is 3.96. The highest BCUT2D eigenvalue weighted by atomic mass is 15.1. The average molecular weight is 318 g/mol. The number of anilines is 3. The van der Waals surface area contributed by atoms with Crippen molar-refractivity contribution in [3.8, 4) is 0 Å². The van der Waals surface area contributed by atoms with Gasteiger partial charge in [-0.15, -0.1) is 0 Å². The first-order chi connectivity index (χ1) is 11.8. The third kappa shape index (κ3) is 3.90. The van der Waals surface area contributed by atoms with E-state index in [-0.39, 0.29) is 6.04 Å². The van der Waals surface area contributed by atoms with Crippen LogP contribution in [0.15, 0.2) is 66.9 Å². The van der Waals surface area contributed by atoms with Crippen LogP contribution in [-0.2, 0) is 6.42 Å². The average Bonchev–Trinajstić information content (AvgIpc) is 2.63. The second-order valence-electron chi connectivity index (χ2n) is 5.68. The first kappa shape index (κ1) is 16.0. The number of hydrogen-bond acceptors (Lipinski definition) is 4. The van der Waals surface area contributed by atoms with Gasteiger partial charge in [0.25, 0.3) is 0 Å². The summed E-state index contributed by atoms with van der Waals surface area (Å²) in [7, 11) is 0. The molecule has 3 aromatic rings. The van der Waals surface area contributed by atoms with Gasteiger partial charge < -0.3 is 10.6 Å². The lowest BCUT2D eigenvalue weighted by atomic mass is 10.1. The second kappa shape index (κ2) is 7.59. The molecule has 0 aliphatic heterocycles. The second-order valence-corrected chi connectivity index (χ2v) is 5.68. The number of benzene rings is 2. The van der Waals surface area contributed by atoms with E-state index in [1.807, 2.05) is 36.4 Å². The summed E-state index contributed by atoms with van der Waals surface area (Å²) < 4.78 is 0. The van der Waals surface area contributed by atoms with Crippen LogP contribution in [0, 0.1) is 0 Å². The summed E-state index contributed by atoms with van der Waals surface area (Å²) in [6.45, 7) is 4.26. The van der Waals surface area contributed by atoms with Crippen molar-refractivity contribution in [2.24, 2.45) is 0 Å². The Hall–Kier alpha value is -2.88. The fraction of sp³-hybridized carbons (Fsp3) is 0.200. The first-order valence-corrected chi connectivity index (χ1v) is 8.25. The molecule has 4 nitrogen and oxygen atoms in total. The van der Waals surface area contributed by atoms with Crippen molar-refractivity contribution in [2.45, 2.75) is 26.3 Å². The molecule has 0 bridgehead atoms. The van der Waals surface area contributed by atoms with E-state index in [1.54, 1.807) is 6.20 Å². The molecule has 0 aliphatic carbocycles. The van der Waals surface area contributed by atoms with Crippen LogP contribution in [0.2, 0.25) is 0 Å². The van der Waals surface area contributed by atoms with Gasteiger partial charge in [-0.05, 0) is 36.6 Å². The Morgan fingerprint density at radius 2 is 1.71 bits per heavy atom. The molecule has 24 heavy (non-hydrogen) atoms. The molecule has 0 aliphatic rings. The van der Waals surface area contributed by atoms with E-state index in [2.05, 4.69) is 58.7 Å². The molecule has 4 heteroatoms. The van der Waals surface area contributed by atoms with Gasteiger partial charge >= 0.3 is 0 Å². The lowest BCUT2D eigenvalue weighted by Gasteiger charge is -2.16. The molecule has 0 saturated heterocycles. The SMILES string of the molecule is CCc1ccccc1Nc1nccc(NC(C)c2ccccc2)n1. The van der Waals surface area contributed by atoms with E-state index in [9.17, 15) is 0 Å². The summed E-state index contributed by atoms with van der Waals surface area (Å²) in [5.41, 5.74) is 3.52. The molecule has 0 saturated carbocycles. The molecular formula is C20H22N4. The fourth-order valence-corrected chi connectivity index (χ4v) is 2.62. The Labute approximate surface area is 143 Å². The van der Waals surface area contributed by atoms with Crippen molar-refractivity contribution in [2.75, 3.05) is 10.6 Å². The minimum absolute atomic E-state index is 0.178. The molecule has 0 spiro atoms. The van der Waals surface area contributed by atoms with Crippen LogP contribution in [0.5, 0.6) is 0 Å². The fourth-order valence-electron chi connectivity index (χ4n) is 2.62. The number of para-hydroxylation sites is 1. The summed E-state index contributed by atoms with van der Waals surface area (Å²) in [5, 5.41) is 6.74. The molecule has 2 aromatic carbocycles. The minimum Gasteiger partial charge on any atom is -0.363 e. The van der Waals surface area contributed by atoms with E-state index in [4.69, 9.17) is 0 Å². The maximum Gasteiger partial charge on any atom is 0.229 e. The van der Waals surface area contributed by atoms with Crippen LogP contribution in [-0.4, -0.2) is 9.97 Å². The summed E-state index contributed by atoms with van der Waals surface area (Å²) in [4.78, 5) is 8.90. The number of rotatable bonds is 6. The summed E-state index contributed by atoms with van der Waals surface area (Å²) in [6.07, 6.45) is 2.73. The maximum atomic E-state index is 4.58. The van der Waals surface area contributed by atoms with Crippen molar-refractivity contribution < 1.29 is 0 Å². The zero-order chi connectivity index (χ0) is 16.8. The number of hydrogen-bond donors (Lipinski definition) is 2. The molecule has 2 N–H and O–H groups in total. The Kier molecular flexibility index (Phi) is 5.06. The van der Waals surface area contributed by atoms with Crippen LogP contribution >= 0.6 is 0 Å². The van der Waals surface area contributed by atoms with Crippen molar-refractivity contribution in [3.05, 3.63) is 78.0 Å². The molecule has 1 aromatic heterocycles. The van der Waals surface area contributed by atoms with Gasteiger partial charge in [0.2, 0.25) is 5.95 Å². The van der Waals surface area contributed by atoms with Crippen LogP contribution in [0.25, 0.3) is 0 Å². The Morgan fingerprint density at radius 3 is 2.50 bits per heavy atom. The molecule has 1 unspecified atom stereocenters. The number of nitrogens with one attached hydrogen (secondary N) is 2. The molecule has 0 fully saturated rings. The standard InChI is InChI=1S/C20H22N4/c1-3-16-9-7-8-12-18(16)23-20-21-14-13-19(24-20)22-15(2)17-10-5-4-6-11-17/h4-15H,3H2,1-2H3,(H2,21,22,23,24). The van der Waals surface area contributed by atoms with Gasteiger partial charge in [0.05, 0.1) is 0 Å². The number of nitrogens with zero attached hydrogens (tertiary/aromatic N) is 2. The topological polar surface area (TPSA) is 49.8 Å². The molecule has 0 radical (unpaired) electrons. The van der Waals surface area contributed by atoms with Crippen LogP contribution in [0.1, 0.15) is 31.0 Å². The van der Waals surface area contributed by atoms with Crippen molar-refractivity contribution in [1.29, 1.82) is 0 Å². The van der Waals surface area contributed by atoms with Crippen LogP contribution in [0.3, 0.4) is 0 Å². The van der Waals surface area contributed by atoms with Gasteiger partial charge in [-0.25, -0.2) is 4.98 Å². The van der Waals surface area contributed by atoms with Crippen molar-refractivity contribution in [1.82, 2.24) is 9.97 Å². The van der Waals surface area contributed by atoms with Gasteiger partial charge in [0.15, 0.2) is 0 Å².